The third kappa shape index (κ3) is 6.22. The highest BCUT2D eigenvalue weighted by Crippen LogP contribution is 2.65. The van der Waals surface area contributed by atoms with Gasteiger partial charge in [-0.05, 0) is 136 Å². The SMILES string of the molecule is CCCC1CCC(C2CC3=C[C]3C3CCC4CCCCC4C3C3C(CCC4CCCCC43)C3=C(C3)C2)CC1.O.O.O.O.[HH]. The lowest BCUT2D eigenvalue weighted by Crippen LogP contribution is -2.49. The Hall–Kier alpha value is -0.680. The predicted octanol–water partition coefficient (Wildman–Crippen LogP) is 7.83. The van der Waals surface area contributed by atoms with E-state index < -0.39 is 0 Å². The van der Waals surface area contributed by atoms with E-state index in [2.05, 4.69) is 18.6 Å². The van der Waals surface area contributed by atoms with E-state index in [0.29, 0.717) is 0 Å². The fourth-order valence-corrected chi connectivity index (χ4v) is 12.7. The zero-order valence-electron chi connectivity index (χ0n) is 26.8. The van der Waals surface area contributed by atoms with Crippen LogP contribution in [-0.2, 0) is 0 Å². The van der Waals surface area contributed by atoms with Crippen LogP contribution in [0.5, 0.6) is 0 Å². The second-order valence-electron chi connectivity index (χ2n) is 16.1. The second kappa shape index (κ2) is 14.2. The summed E-state index contributed by atoms with van der Waals surface area (Å²) in [5.41, 5.74) is 5.97. The summed E-state index contributed by atoms with van der Waals surface area (Å²) in [5, 5.41) is 0. The highest BCUT2D eigenvalue weighted by molar-refractivity contribution is 5.53. The molecule has 8 aliphatic carbocycles. The molecule has 5 fully saturated rings. The summed E-state index contributed by atoms with van der Waals surface area (Å²) in [4.78, 5) is 0. The number of hydrogen-bond acceptors (Lipinski definition) is 0. The van der Waals surface area contributed by atoms with Crippen molar-refractivity contribution in [3.05, 3.63) is 28.7 Å². The summed E-state index contributed by atoms with van der Waals surface area (Å²) in [5.74, 6) is 13.4. The van der Waals surface area contributed by atoms with Gasteiger partial charge in [0.1, 0.15) is 0 Å². The fraction of sp³-hybridized carbons (Fsp3) is 0.868. The van der Waals surface area contributed by atoms with E-state index in [0.717, 1.165) is 65.1 Å². The van der Waals surface area contributed by atoms with Crippen molar-refractivity contribution >= 4 is 0 Å². The first-order chi connectivity index (χ1) is 18.8. The first kappa shape index (κ1) is 34.2. The Morgan fingerprint density at radius 3 is 1.81 bits per heavy atom. The maximum Gasteiger partial charge on any atom is 0.0256 e. The van der Waals surface area contributed by atoms with E-state index in [1.165, 1.54) is 57.8 Å². The smallest absolute Gasteiger partial charge is 0.0256 e. The molecule has 1 radical (unpaired) electrons. The number of rotatable bonds is 3. The maximum absolute atomic E-state index is 2.79. The van der Waals surface area contributed by atoms with Crippen LogP contribution in [0, 0.1) is 71.0 Å². The lowest BCUT2D eigenvalue weighted by molar-refractivity contribution is -0.0532. The molecule has 42 heavy (non-hydrogen) atoms. The largest absolute Gasteiger partial charge is 0.412 e. The van der Waals surface area contributed by atoms with Crippen LogP contribution in [-0.4, -0.2) is 21.9 Å². The van der Waals surface area contributed by atoms with Crippen LogP contribution >= 0.6 is 0 Å². The summed E-state index contributed by atoms with van der Waals surface area (Å²) >= 11 is 0. The van der Waals surface area contributed by atoms with Crippen LogP contribution in [0.2, 0.25) is 0 Å². The molecule has 0 spiro atoms. The molecule has 0 aromatic rings. The van der Waals surface area contributed by atoms with Gasteiger partial charge in [-0.1, -0.05) is 93.9 Å². The van der Waals surface area contributed by atoms with Crippen molar-refractivity contribution in [2.24, 2.45) is 65.1 Å². The molecule has 0 bridgehead atoms. The summed E-state index contributed by atoms with van der Waals surface area (Å²) in [7, 11) is 0. The highest BCUT2D eigenvalue weighted by Gasteiger charge is 2.56. The molecule has 8 aliphatic rings. The molecule has 0 aromatic carbocycles. The van der Waals surface area contributed by atoms with Gasteiger partial charge < -0.3 is 21.9 Å². The van der Waals surface area contributed by atoms with E-state index in [1.54, 1.807) is 77.0 Å². The van der Waals surface area contributed by atoms with E-state index >= 15 is 0 Å². The van der Waals surface area contributed by atoms with Crippen molar-refractivity contribution in [3.63, 3.8) is 0 Å². The Morgan fingerprint density at radius 2 is 1.17 bits per heavy atom. The lowest BCUT2D eigenvalue weighted by Gasteiger charge is -2.56. The highest BCUT2D eigenvalue weighted by atomic mass is 16.0. The summed E-state index contributed by atoms with van der Waals surface area (Å²) in [6.45, 7) is 2.40. The van der Waals surface area contributed by atoms with Crippen LogP contribution in [0.15, 0.2) is 22.8 Å². The van der Waals surface area contributed by atoms with Crippen LogP contribution in [0.4, 0.5) is 0 Å². The van der Waals surface area contributed by atoms with Gasteiger partial charge >= 0.3 is 0 Å². The Morgan fingerprint density at radius 1 is 0.595 bits per heavy atom. The molecular formula is C38H67O4. The zero-order chi connectivity index (χ0) is 25.2. The van der Waals surface area contributed by atoms with Gasteiger partial charge in [-0.25, -0.2) is 0 Å². The fourth-order valence-electron chi connectivity index (χ4n) is 12.7. The van der Waals surface area contributed by atoms with E-state index in [-0.39, 0.29) is 23.3 Å². The Bertz CT molecular complexity index is 954. The topological polar surface area (TPSA) is 126 Å². The van der Waals surface area contributed by atoms with Crippen LogP contribution in [0.25, 0.3) is 0 Å². The molecule has 0 aliphatic heterocycles. The molecule has 0 amide bonds. The van der Waals surface area contributed by atoms with Crippen molar-refractivity contribution in [3.8, 4) is 0 Å². The van der Waals surface area contributed by atoms with Crippen LogP contribution in [0.1, 0.15) is 143 Å². The standard InChI is InChI=1S/C38H57.4H2O.H2/c1-2-7-24-12-14-25(15-13-24)28-20-29-22-35(29)33-18-16-26-8-3-5-10-31(26)37(33)38-32-11-6-4-9-27(32)17-19-34(38)36-23-30(36)21-28;;;;;/h22,24-28,31-34,37-38H,2-21,23H2,1H3;4*1H2;1H. The van der Waals surface area contributed by atoms with Crippen LogP contribution < -0.4 is 0 Å². The van der Waals surface area contributed by atoms with Crippen molar-refractivity contribution in [1.29, 1.82) is 0 Å². The number of fused-ring (bicyclic) bond motifs is 10. The molecule has 9 unspecified atom stereocenters. The molecule has 0 heterocycles. The molecular weight excluding hydrogens is 520 g/mol. The molecule has 243 valence electrons. The maximum atomic E-state index is 2.79. The van der Waals surface area contributed by atoms with E-state index in [1.807, 2.05) is 17.1 Å². The average molecular weight is 588 g/mol. The number of allylic oxidation sites excluding steroid dienone is 4. The van der Waals surface area contributed by atoms with Crippen molar-refractivity contribution in [1.82, 2.24) is 0 Å². The second-order valence-corrected chi connectivity index (χ2v) is 16.1. The van der Waals surface area contributed by atoms with E-state index in [9.17, 15) is 0 Å². The predicted molar refractivity (Wildman–Crippen MR) is 176 cm³/mol. The summed E-state index contributed by atoms with van der Waals surface area (Å²) in [6, 6.07) is 0. The van der Waals surface area contributed by atoms with E-state index in [4.69, 9.17) is 0 Å². The van der Waals surface area contributed by atoms with Gasteiger partial charge in [-0.3, -0.25) is 0 Å². The Kier molecular flexibility index (Phi) is 11.5. The molecule has 5 saturated carbocycles. The van der Waals surface area contributed by atoms with Gasteiger partial charge in [-0.2, -0.15) is 0 Å². The molecule has 0 saturated heterocycles. The Balaban J connectivity index is 0.00000101. The summed E-state index contributed by atoms with van der Waals surface area (Å²) in [6.07, 6.45) is 35.1. The van der Waals surface area contributed by atoms with Crippen LogP contribution in [0.3, 0.4) is 0 Å². The third-order valence-corrected chi connectivity index (χ3v) is 14.4. The Labute approximate surface area is 258 Å². The monoisotopic (exact) mass is 588 g/mol. The van der Waals surface area contributed by atoms with Crippen molar-refractivity contribution in [2.75, 3.05) is 0 Å². The molecule has 9 atom stereocenters. The number of hydrogen-bond donors (Lipinski definition) is 0. The first-order valence-electron chi connectivity index (χ1n) is 18.1. The third-order valence-electron chi connectivity index (χ3n) is 14.4. The van der Waals surface area contributed by atoms with Crippen molar-refractivity contribution in [2.45, 2.75) is 142 Å². The normalized spacial score (nSPS) is 44.0. The molecule has 8 rings (SSSR count). The minimum atomic E-state index is 0. The average Bonchev–Trinajstić information content (AvgIpc) is 3.89. The first-order valence-corrected chi connectivity index (χ1v) is 18.1. The molecule has 4 heteroatoms. The zero-order valence-corrected chi connectivity index (χ0v) is 26.8. The van der Waals surface area contributed by atoms with Gasteiger partial charge in [0.05, 0.1) is 0 Å². The van der Waals surface area contributed by atoms with Gasteiger partial charge in [0.15, 0.2) is 0 Å². The minimum absolute atomic E-state index is 0. The van der Waals surface area contributed by atoms with Gasteiger partial charge in [-0.15, -0.1) is 0 Å². The molecule has 0 aromatic heterocycles. The van der Waals surface area contributed by atoms with Crippen molar-refractivity contribution < 1.29 is 23.3 Å². The lowest BCUT2D eigenvalue weighted by atomic mass is 9.48. The minimum Gasteiger partial charge on any atom is -0.412 e. The summed E-state index contributed by atoms with van der Waals surface area (Å²) < 4.78 is 0. The molecule has 4 nitrogen and oxygen atoms in total. The molecule has 8 N–H and O–H groups in total. The quantitative estimate of drug-likeness (QED) is 0.298. The van der Waals surface area contributed by atoms with Gasteiger partial charge in [0, 0.05) is 7.34 Å². The van der Waals surface area contributed by atoms with Gasteiger partial charge in [0.25, 0.3) is 0 Å². The van der Waals surface area contributed by atoms with Gasteiger partial charge in [0.2, 0.25) is 0 Å².